The van der Waals surface area contributed by atoms with Crippen LogP contribution in [0, 0.1) is 0 Å². The average molecular weight is 305 g/mol. The predicted molar refractivity (Wildman–Crippen MR) is 89.8 cm³/mol. The maximum atomic E-state index is 5.72. The van der Waals surface area contributed by atoms with Gasteiger partial charge in [-0.2, -0.15) is 0 Å². The zero-order valence-corrected chi connectivity index (χ0v) is 13.7. The molecule has 3 nitrogen and oxygen atoms in total. The van der Waals surface area contributed by atoms with Crippen LogP contribution in [-0.2, 0) is 0 Å². The molecule has 0 aliphatic carbocycles. The van der Waals surface area contributed by atoms with Gasteiger partial charge in [0.1, 0.15) is 11.5 Å². The van der Waals surface area contributed by atoms with Crippen LogP contribution in [-0.4, -0.2) is 13.2 Å². The van der Waals surface area contributed by atoms with E-state index in [4.69, 9.17) is 9.47 Å². The lowest BCUT2D eigenvalue weighted by molar-refractivity contribution is 0.331. The topological polar surface area (TPSA) is 30.5 Å². The van der Waals surface area contributed by atoms with E-state index in [1.165, 1.54) is 4.88 Å². The Bertz CT molecular complexity index is 540. The summed E-state index contributed by atoms with van der Waals surface area (Å²) in [7, 11) is 0. The molecule has 1 N–H and O–H groups in total. The number of hydrogen-bond donors (Lipinski definition) is 1. The second-order valence-electron chi connectivity index (χ2n) is 4.64. The largest absolute Gasteiger partial charge is 0.494 e. The molecule has 0 fully saturated rings. The van der Waals surface area contributed by atoms with Crippen LogP contribution in [0.25, 0.3) is 0 Å². The molecule has 2 rings (SSSR count). The van der Waals surface area contributed by atoms with Crippen LogP contribution in [0.3, 0.4) is 0 Å². The van der Waals surface area contributed by atoms with Crippen LogP contribution < -0.4 is 14.8 Å². The zero-order chi connectivity index (χ0) is 15.1. The molecule has 0 amide bonds. The standard InChI is InChI=1S/C17H23NO2S/c1-4-14(17-8-7-11-21-17)18-15-12-13(19-5-2)9-10-16(15)20-6-3/h7-12,14,18H,4-6H2,1-3H3. The molecule has 21 heavy (non-hydrogen) atoms. The molecule has 4 heteroatoms. The highest BCUT2D eigenvalue weighted by Gasteiger charge is 2.14. The molecule has 0 spiro atoms. The lowest BCUT2D eigenvalue weighted by atomic mass is 10.1. The molecule has 1 unspecified atom stereocenters. The monoisotopic (exact) mass is 305 g/mol. The molecular formula is C17H23NO2S. The van der Waals surface area contributed by atoms with Crippen LogP contribution >= 0.6 is 11.3 Å². The zero-order valence-electron chi connectivity index (χ0n) is 12.9. The van der Waals surface area contributed by atoms with Crippen molar-refractivity contribution in [1.82, 2.24) is 0 Å². The number of benzene rings is 1. The first-order valence-corrected chi connectivity index (χ1v) is 8.36. The normalized spacial score (nSPS) is 12.0. The highest BCUT2D eigenvalue weighted by molar-refractivity contribution is 7.10. The Morgan fingerprint density at radius 2 is 1.90 bits per heavy atom. The second kappa shape index (κ2) is 7.93. The summed E-state index contributed by atoms with van der Waals surface area (Å²) in [5.74, 6) is 1.74. The Kier molecular flexibility index (Phi) is 5.93. The van der Waals surface area contributed by atoms with Gasteiger partial charge in [0, 0.05) is 10.9 Å². The minimum Gasteiger partial charge on any atom is -0.494 e. The Hall–Kier alpha value is -1.68. The smallest absolute Gasteiger partial charge is 0.142 e. The van der Waals surface area contributed by atoms with Crippen molar-refractivity contribution >= 4 is 17.0 Å². The summed E-state index contributed by atoms with van der Waals surface area (Å²) < 4.78 is 11.3. The minimum absolute atomic E-state index is 0.293. The van der Waals surface area contributed by atoms with Crippen molar-refractivity contribution in [2.75, 3.05) is 18.5 Å². The lowest BCUT2D eigenvalue weighted by Gasteiger charge is -2.20. The van der Waals surface area contributed by atoms with E-state index in [0.29, 0.717) is 19.3 Å². The number of anilines is 1. The van der Waals surface area contributed by atoms with Gasteiger partial charge in [0.2, 0.25) is 0 Å². The van der Waals surface area contributed by atoms with E-state index < -0.39 is 0 Å². The van der Waals surface area contributed by atoms with Gasteiger partial charge in [0.15, 0.2) is 0 Å². The summed E-state index contributed by atoms with van der Waals surface area (Å²) in [5, 5.41) is 5.70. The summed E-state index contributed by atoms with van der Waals surface area (Å²) in [6.07, 6.45) is 1.02. The summed E-state index contributed by atoms with van der Waals surface area (Å²) in [5.41, 5.74) is 0.989. The SMILES string of the molecule is CCOc1ccc(OCC)c(NC(CC)c2cccs2)c1. The number of nitrogens with one attached hydrogen (secondary N) is 1. The molecule has 2 aromatic rings. The highest BCUT2D eigenvalue weighted by Crippen LogP contribution is 2.34. The van der Waals surface area contributed by atoms with E-state index in [1.807, 2.05) is 32.0 Å². The maximum absolute atomic E-state index is 5.72. The molecule has 0 saturated heterocycles. The minimum atomic E-state index is 0.293. The molecule has 114 valence electrons. The van der Waals surface area contributed by atoms with Crippen molar-refractivity contribution in [3.05, 3.63) is 40.6 Å². The van der Waals surface area contributed by atoms with Crippen molar-refractivity contribution in [1.29, 1.82) is 0 Å². The van der Waals surface area contributed by atoms with Gasteiger partial charge >= 0.3 is 0 Å². The van der Waals surface area contributed by atoms with Crippen LogP contribution in [0.1, 0.15) is 38.1 Å². The van der Waals surface area contributed by atoms with E-state index in [9.17, 15) is 0 Å². The van der Waals surface area contributed by atoms with Gasteiger partial charge in [0.05, 0.1) is 24.9 Å². The van der Waals surface area contributed by atoms with E-state index in [0.717, 1.165) is 23.6 Å². The fraction of sp³-hybridized carbons (Fsp3) is 0.412. The van der Waals surface area contributed by atoms with E-state index in [1.54, 1.807) is 11.3 Å². The van der Waals surface area contributed by atoms with E-state index in [-0.39, 0.29) is 0 Å². The quantitative estimate of drug-likeness (QED) is 0.735. The van der Waals surface area contributed by atoms with Gasteiger partial charge < -0.3 is 14.8 Å². The Balaban J connectivity index is 2.24. The molecule has 0 aliphatic heterocycles. The van der Waals surface area contributed by atoms with Gasteiger partial charge in [-0.3, -0.25) is 0 Å². The fourth-order valence-corrected chi connectivity index (χ4v) is 3.07. The van der Waals surface area contributed by atoms with Gasteiger partial charge in [0.25, 0.3) is 0 Å². The third-order valence-corrected chi connectivity index (χ3v) is 4.17. The predicted octanol–water partition coefficient (Wildman–Crippen LogP) is 5.11. The van der Waals surface area contributed by atoms with Crippen LogP contribution in [0.5, 0.6) is 11.5 Å². The first-order valence-electron chi connectivity index (χ1n) is 7.48. The van der Waals surface area contributed by atoms with Crippen molar-refractivity contribution in [2.24, 2.45) is 0 Å². The second-order valence-corrected chi connectivity index (χ2v) is 5.62. The van der Waals surface area contributed by atoms with Crippen LogP contribution in [0.15, 0.2) is 35.7 Å². The number of rotatable bonds is 8. The summed E-state index contributed by atoms with van der Waals surface area (Å²) in [4.78, 5) is 1.33. The van der Waals surface area contributed by atoms with Crippen molar-refractivity contribution in [3.8, 4) is 11.5 Å². The Labute approximate surface area is 130 Å². The number of thiophene rings is 1. The van der Waals surface area contributed by atoms with Gasteiger partial charge in [-0.05, 0) is 43.8 Å². The molecule has 1 atom stereocenters. The third kappa shape index (κ3) is 4.14. The van der Waals surface area contributed by atoms with Crippen molar-refractivity contribution in [3.63, 3.8) is 0 Å². The Morgan fingerprint density at radius 1 is 1.10 bits per heavy atom. The summed E-state index contributed by atoms with van der Waals surface area (Å²) in [6, 6.07) is 10.5. The van der Waals surface area contributed by atoms with E-state index in [2.05, 4.69) is 29.8 Å². The highest BCUT2D eigenvalue weighted by atomic mass is 32.1. The summed E-state index contributed by atoms with van der Waals surface area (Å²) >= 11 is 1.77. The van der Waals surface area contributed by atoms with Gasteiger partial charge in [-0.25, -0.2) is 0 Å². The molecule has 1 aromatic heterocycles. The molecular weight excluding hydrogens is 282 g/mol. The molecule has 0 radical (unpaired) electrons. The summed E-state index contributed by atoms with van der Waals surface area (Å²) in [6.45, 7) is 7.49. The molecule has 0 saturated carbocycles. The third-order valence-electron chi connectivity index (χ3n) is 3.19. The van der Waals surface area contributed by atoms with Crippen molar-refractivity contribution in [2.45, 2.75) is 33.2 Å². The maximum Gasteiger partial charge on any atom is 0.142 e. The van der Waals surface area contributed by atoms with E-state index >= 15 is 0 Å². The lowest BCUT2D eigenvalue weighted by Crippen LogP contribution is -2.10. The number of ether oxygens (including phenoxy) is 2. The molecule has 0 aliphatic rings. The first-order chi connectivity index (χ1) is 10.3. The van der Waals surface area contributed by atoms with Crippen molar-refractivity contribution < 1.29 is 9.47 Å². The van der Waals surface area contributed by atoms with Gasteiger partial charge in [-0.1, -0.05) is 13.0 Å². The molecule has 1 aromatic carbocycles. The molecule has 1 heterocycles. The Morgan fingerprint density at radius 3 is 2.52 bits per heavy atom. The number of hydrogen-bond acceptors (Lipinski definition) is 4. The molecule has 0 bridgehead atoms. The fourth-order valence-electron chi connectivity index (χ4n) is 2.21. The average Bonchev–Trinajstić information content (AvgIpc) is 3.01. The van der Waals surface area contributed by atoms with Crippen LogP contribution in [0.4, 0.5) is 5.69 Å². The van der Waals surface area contributed by atoms with Crippen LogP contribution in [0.2, 0.25) is 0 Å². The van der Waals surface area contributed by atoms with Gasteiger partial charge in [-0.15, -0.1) is 11.3 Å². The first kappa shape index (κ1) is 15.7.